The van der Waals surface area contributed by atoms with Gasteiger partial charge >= 0.3 is 0 Å². The number of sulfonamides is 1. The van der Waals surface area contributed by atoms with E-state index in [0.29, 0.717) is 5.69 Å². The molecule has 0 unspecified atom stereocenters. The summed E-state index contributed by atoms with van der Waals surface area (Å²) in [6, 6.07) is 11.0. The van der Waals surface area contributed by atoms with Crippen molar-refractivity contribution in [3.05, 3.63) is 53.6 Å². The average molecular weight is 353 g/mol. The molecule has 0 radical (unpaired) electrons. The molecule has 2 aromatic carbocycles. The zero-order valence-corrected chi connectivity index (χ0v) is 15.1. The van der Waals surface area contributed by atoms with E-state index >= 15 is 0 Å². The summed E-state index contributed by atoms with van der Waals surface area (Å²) in [7, 11) is -6.22. The van der Waals surface area contributed by atoms with Crippen molar-refractivity contribution in [3.63, 3.8) is 0 Å². The van der Waals surface area contributed by atoms with E-state index in [1.807, 2.05) is 19.9 Å². The zero-order valence-electron chi connectivity index (χ0n) is 13.4. The van der Waals surface area contributed by atoms with Gasteiger partial charge in [0.05, 0.1) is 10.6 Å². The molecule has 7 heteroatoms. The quantitative estimate of drug-likeness (QED) is 0.847. The second-order valence-electron chi connectivity index (χ2n) is 5.41. The van der Waals surface area contributed by atoms with Crippen LogP contribution in [0, 0.1) is 13.8 Å². The van der Waals surface area contributed by atoms with Crippen LogP contribution in [-0.2, 0) is 19.9 Å². The highest BCUT2D eigenvalue weighted by atomic mass is 32.2. The molecule has 5 nitrogen and oxygen atoms in total. The lowest BCUT2D eigenvalue weighted by atomic mass is 10.1. The van der Waals surface area contributed by atoms with E-state index in [2.05, 4.69) is 0 Å². The average Bonchev–Trinajstić information content (AvgIpc) is 2.48. The summed E-state index contributed by atoms with van der Waals surface area (Å²) in [6.07, 6.45) is 0.999. The van der Waals surface area contributed by atoms with E-state index in [1.54, 1.807) is 12.1 Å². The number of hydrogen-bond donors (Lipinski definition) is 0. The maximum atomic E-state index is 12.9. The minimum absolute atomic E-state index is 0.197. The summed E-state index contributed by atoms with van der Waals surface area (Å²) in [6.45, 7) is 3.73. The molecule has 0 bridgehead atoms. The molecular weight excluding hydrogens is 334 g/mol. The van der Waals surface area contributed by atoms with Crippen LogP contribution < -0.4 is 4.31 Å². The third-order valence-corrected chi connectivity index (χ3v) is 6.92. The van der Waals surface area contributed by atoms with Crippen LogP contribution in [0.3, 0.4) is 0 Å². The van der Waals surface area contributed by atoms with Gasteiger partial charge in [-0.3, -0.25) is 4.31 Å². The minimum Gasteiger partial charge on any atom is -0.269 e. The van der Waals surface area contributed by atoms with Crippen LogP contribution in [-0.4, -0.2) is 30.1 Å². The van der Waals surface area contributed by atoms with Crippen molar-refractivity contribution in [2.24, 2.45) is 0 Å². The van der Waals surface area contributed by atoms with Crippen molar-refractivity contribution in [1.29, 1.82) is 0 Å². The first-order valence-electron chi connectivity index (χ1n) is 6.91. The summed E-state index contributed by atoms with van der Waals surface area (Å²) in [4.78, 5) is -0.414. The van der Waals surface area contributed by atoms with Gasteiger partial charge in [-0.25, -0.2) is 16.8 Å². The molecular formula is C16H19NO4S2. The van der Waals surface area contributed by atoms with Gasteiger partial charge in [0.2, 0.25) is 0 Å². The normalized spacial score (nSPS) is 12.2. The lowest BCUT2D eigenvalue weighted by Gasteiger charge is -2.23. The van der Waals surface area contributed by atoms with E-state index in [4.69, 9.17) is 0 Å². The summed E-state index contributed by atoms with van der Waals surface area (Å²) in [5.41, 5.74) is 2.31. The Balaban J connectivity index is 2.67. The molecule has 0 N–H and O–H groups in total. The molecule has 0 spiro atoms. The van der Waals surface area contributed by atoms with Gasteiger partial charge < -0.3 is 0 Å². The lowest BCUT2D eigenvalue weighted by molar-refractivity contribution is 0.584. The number of hydrogen-bond acceptors (Lipinski definition) is 4. The van der Waals surface area contributed by atoms with Crippen molar-refractivity contribution in [2.45, 2.75) is 23.6 Å². The molecule has 2 aromatic rings. The van der Waals surface area contributed by atoms with Gasteiger partial charge in [-0.15, -0.1) is 0 Å². The predicted molar refractivity (Wildman–Crippen MR) is 91.1 cm³/mol. The van der Waals surface area contributed by atoms with Crippen LogP contribution in [0.15, 0.2) is 52.3 Å². The summed E-state index contributed by atoms with van der Waals surface area (Å²) in [5.74, 6) is 0. The van der Waals surface area contributed by atoms with Crippen molar-refractivity contribution >= 4 is 25.5 Å². The van der Waals surface area contributed by atoms with Crippen LogP contribution in [0.1, 0.15) is 11.1 Å². The van der Waals surface area contributed by atoms with Gasteiger partial charge in [0, 0.05) is 13.3 Å². The first-order valence-corrected chi connectivity index (χ1v) is 10.2. The van der Waals surface area contributed by atoms with E-state index in [1.165, 1.54) is 31.3 Å². The number of aryl methyl sites for hydroxylation is 1. The second-order valence-corrected chi connectivity index (χ2v) is 9.33. The van der Waals surface area contributed by atoms with E-state index in [9.17, 15) is 16.8 Å². The molecule has 0 aliphatic heterocycles. The third kappa shape index (κ3) is 3.25. The number of rotatable bonds is 4. The first kappa shape index (κ1) is 17.5. The van der Waals surface area contributed by atoms with Gasteiger partial charge in [0.25, 0.3) is 10.0 Å². The lowest BCUT2D eigenvalue weighted by Crippen LogP contribution is -2.28. The van der Waals surface area contributed by atoms with Gasteiger partial charge in [-0.2, -0.15) is 0 Å². The molecule has 0 atom stereocenters. The van der Waals surface area contributed by atoms with E-state index < -0.39 is 19.9 Å². The maximum Gasteiger partial charge on any atom is 0.265 e. The molecule has 0 saturated heterocycles. The zero-order chi connectivity index (χ0) is 17.4. The SMILES string of the molecule is Cc1cccc(N(C)S(=O)(=O)c2ccccc2S(C)(=O)=O)c1C. The van der Waals surface area contributed by atoms with E-state index in [-0.39, 0.29) is 9.79 Å². The van der Waals surface area contributed by atoms with Crippen LogP contribution in [0.5, 0.6) is 0 Å². The summed E-state index contributed by atoms with van der Waals surface area (Å²) < 4.78 is 50.8. The fourth-order valence-corrected chi connectivity index (χ4v) is 5.18. The fourth-order valence-electron chi connectivity index (χ4n) is 2.32. The number of nitrogens with zero attached hydrogens (tertiary/aromatic N) is 1. The summed E-state index contributed by atoms with van der Waals surface area (Å²) in [5, 5.41) is 0. The van der Waals surface area contributed by atoms with Crippen LogP contribution >= 0.6 is 0 Å². The molecule has 0 aliphatic carbocycles. The monoisotopic (exact) mass is 353 g/mol. The molecule has 124 valence electrons. The maximum absolute atomic E-state index is 12.9. The Morgan fingerprint density at radius 3 is 1.96 bits per heavy atom. The molecule has 0 fully saturated rings. The Labute approximate surface area is 137 Å². The third-order valence-electron chi connectivity index (χ3n) is 3.80. The first-order chi connectivity index (χ1) is 10.6. The molecule has 0 amide bonds. The molecule has 2 rings (SSSR count). The molecule has 0 aliphatic rings. The van der Waals surface area contributed by atoms with Gasteiger partial charge in [-0.1, -0.05) is 24.3 Å². The topological polar surface area (TPSA) is 71.5 Å². The minimum atomic E-state index is -3.99. The highest BCUT2D eigenvalue weighted by Gasteiger charge is 2.28. The Bertz CT molecular complexity index is 948. The van der Waals surface area contributed by atoms with Crippen LogP contribution in [0.25, 0.3) is 0 Å². The molecule has 0 saturated carbocycles. The van der Waals surface area contributed by atoms with Crippen molar-refractivity contribution in [1.82, 2.24) is 0 Å². The van der Waals surface area contributed by atoms with Crippen LogP contribution in [0.2, 0.25) is 0 Å². The van der Waals surface area contributed by atoms with Crippen molar-refractivity contribution in [3.8, 4) is 0 Å². The Morgan fingerprint density at radius 1 is 0.826 bits per heavy atom. The molecule has 0 aromatic heterocycles. The fraction of sp³-hybridized carbons (Fsp3) is 0.250. The smallest absolute Gasteiger partial charge is 0.265 e. The largest absolute Gasteiger partial charge is 0.269 e. The van der Waals surface area contributed by atoms with Crippen molar-refractivity contribution in [2.75, 3.05) is 17.6 Å². The highest BCUT2D eigenvalue weighted by molar-refractivity contribution is 7.95. The van der Waals surface area contributed by atoms with Gasteiger partial charge in [0.15, 0.2) is 9.84 Å². The standard InChI is InChI=1S/C16H19NO4S2/c1-12-8-7-9-14(13(12)2)17(3)23(20,21)16-11-6-5-10-15(16)22(4,18)19/h5-11H,1-4H3. The number of anilines is 1. The van der Waals surface area contributed by atoms with Crippen LogP contribution in [0.4, 0.5) is 5.69 Å². The molecule has 23 heavy (non-hydrogen) atoms. The predicted octanol–water partition coefficient (Wildman–Crippen LogP) is 2.53. The van der Waals surface area contributed by atoms with Crippen molar-refractivity contribution < 1.29 is 16.8 Å². The van der Waals surface area contributed by atoms with Gasteiger partial charge in [-0.05, 0) is 43.2 Å². The second kappa shape index (κ2) is 5.98. The molecule has 0 heterocycles. The Kier molecular flexibility index (Phi) is 4.54. The highest BCUT2D eigenvalue weighted by Crippen LogP contribution is 2.29. The Morgan fingerprint density at radius 2 is 1.39 bits per heavy atom. The Hall–Kier alpha value is -1.86. The van der Waals surface area contributed by atoms with E-state index in [0.717, 1.165) is 21.7 Å². The number of benzene rings is 2. The number of sulfone groups is 1. The summed E-state index contributed by atoms with van der Waals surface area (Å²) >= 11 is 0. The van der Waals surface area contributed by atoms with Gasteiger partial charge in [0.1, 0.15) is 4.90 Å².